The van der Waals surface area contributed by atoms with Gasteiger partial charge in [-0.1, -0.05) is 0 Å². The normalized spacial score (nSPS) is 28.4. The first-order valence-electron chi connectivity index (χ1n) is 9.66. The number of halogens is 1. The van der Waals surface area contributed by atoms with Crippen molar-refractivity contribution in [2.75, 3.05) is 52.4 Å². The summed E-state index contributed by atoms with van der Waals surface area (Å²) in [5.41, 5.74) is 0. The number of carbonyl (C=O) groups is 2. The van der Waals surface area contributed by atoms with Crippen molar-refractivity contribution in [3.05, 3.63) is 0 Å². The second kappa shape index (κ2) is 9.74. The second-order valence-corrected chi connectivity index (χ2v) is 7.62. The second-order valence-electron chi connectivity index (χ2n) is 7.62. The Labute approximate surface area is 157 Å². The molecule has 2 amide bonds. The van der Waals surface area contributed by atoms with Crippen LogP contribution in [0.25, 0.3) is 0 Å². The summed E-state index contributed by atoms with van der Waals surface area (Å²) >= 11 is 0. The van der Waals surface area contributed by atoms with E-state index in [1.165, 1.54) is 0 Å². The van der Waals surface area contributed by atoms with Crippen LogP contribution in [0.2, 0.25) is 0 Å². The number of rotatable bonds is 3. The molecule has 3 aliphatic heterocycles. The fourth-order valence-electron chi connectivity index (χ4n) is 4.22. The van der Waals surface area contributed by atoms with Gasteiger partial charge in [-0.05, 0) is 45.6 Å². The summed E-state index contributed by atoms with van der Waals surface area (Å²) in [6.07, 6.45) is 5.16. The first-order valence-corrected chi connectivity index (χ1v) is 9.66. The predicted molar refractivity (Wildman–Crippen MR) is 101 cm³/mol. The molecule has 25 heavy (non-hydrogen) atoms. The lowest BCUT2D eigenvalue weighted by molar-refractivity contribution is -0.136. The Balaban J connectivity index is 0.00000225. The number of piperidine rings is 1. The summed E-state index contributed by atoms with van der Waals surface area (Å²) in [6.45, 7) is 8.83. The van der Waals surface area contributed by atoms with Gasteiger partial charge in [0.1, 0.15) is 0 Å². The molecular weight excluding hydrogens is 340 g/mol. The zero-order valence-corrected chi connectivity index (χ0v) is 16.2. The van der Waals surface area contributed by atoms with Gasteiger partial charge in [0.15, 0.2) is 0 Å². The summed E-state index contributed by atoms with van der Waals surface area (Å²) in [5.74, 6) is 0.773. The van der Waals surface area contributed by atoms with Crippen LogP contribution in [-0.4, -0.2) is 84.9 Å². The van der Waals surface area contributed by atoms with Crippen LogP contribution < -0.4 is 5.32 Å². The lowest BCUT2D eigenvalue weighted by atomic mass is 9.92. The molecule has 0 saturated carbocycles. The summed E-state index contributed by atoms with van der Waals surface area (Å²) in [7, 11) is 0. The molecule has 0 aromatic rings. The standard InChI is InChI=1S/C18H32N4O2.ClH/c1-15-13-16(5-6-19-15)18(24)22-10-4-7-20(11-12-22)14-17(23)21-8-2-3-9-21;/h15-16,19H,2-14H2,1H3;1H/t15-,16-;/m0./s1. The summed E-state index contributed by atoms with van der Waals surface area (Å²) in [4.78, 5) is 31.4. The third-order valence-electron chi connectivity index (χ3n) is 5.69. The van der Waals surface area contributed by atoms with Crippen molar-refractivity contribution in [1.82, 2.24) is 20.0 Å². The molecule has 3 aliphatic rings. The zero-order valence-electron chi connectivity index (χ0n) is 15.4. The van der Waals surface area contributed by atoms with Crippen molar-refractivity contribution in [2.45, 2.75) is 45.1 Å². The van der Waals surface area contributed by atoms with Gasteiger partial charge >= 0.3 is 0 Å². The van der Waals surface area contributed by atoms with Crippen LogP contribution in [0.1, 0.15) is 39.0 Å². The van der Waals surface area contributed by atoms with Crippen LogP contribution in [-0.2, 0) is 9.59 Å². The average molecular weight is 373 g/mol. The van der Waals surface area contributed by atoms with Gasteiger partial charge in [-0.15, -0.1) is 12.4 Å². The van der Waals surface area contributed by atoms with Crippen molar-refractivity contribution in [3.8, 4) is 0 Å². The average Bonchev–Trinajstić information content (AvgIpc) is 3.02. The van der Waals surface area contributed by atoms with Gasteiger partial charge in [-0.2, -0.15) is 0 Å². The number of likely N-dealkylation sites (tertiary alicyclic amines) is 1. The Bertz CT molecular complexity index is 456. The summed E-state index contributed by atoms with van der Waals surface area (Å²) in [5, 5.41) is 3.42. The molecule has 0 unspecified atom stereocenters. The molecule has 1 N–H and O–H groups in total. The molecule has 0 aliphatic carbocycles. The molecule has 0 spiro atoms. The van der Waals surface area contributed by atoms with Crippen LogP contribution in [0.3, 0.4) is 0 Å². The van der Waals surface area contributed by atoms with E-state index in [1.54, 1.807) is 0 Å². The molecule has 0 bridgehead atoms. The lowest BCUT2D eigenvalue weighted by Crippen LogP contribution is -2.45. The Morgan fingerprint density at radius 1 is 0.960 bits per heavy atom. The third kappa shape index (κ3) is 5.56. The van der Waals surface area contributed by atoms with E-state index in [-0.39, 0.29) is 24.2 Å². The van der Waals surface area contributed by atoms with Crippen molar-refractivity contribution >= 4 is 24.2 Å². The molecule has 0 aromatic carbocycles. The van der Waals surface area contributed by atoms with Gasteiger partial charge in [0.25, 0.3) is 0 Å². The highest BCUT2D eigenvalue weighted by Gasteiger charge is 2.30. The maximum atomic E-state index is 12.8. The summed E-state index contributed by atoms with van der Waals surface area (Å²) < 4.78 is 0. The molecule has 6 nitrogen and oxygen atoms in total. The van der Waals surface area contributed by atoms with Crippen molar-refractivity contribution in [2.24, 2.45) is 5.92 Å². The maximum absolute atomic E-state index is 12.8. The maximum Gasteiger partial charge on any atom is 0.236 e. The molecule has 0 radical (unpaired) electrons. The monoisotopic (exact) mass is 372 g/mol. The van der Waals surface area contributed by atoms with Gasteiger partial charge in [-0.25, -0.2) is 0 Å². The Hall–Kier alpha value is -0.850. The van der Waals surface area contributed by atoms with Gasteiger partial charge < -0.3 is 15.1 Å². The topological polar surface area (TPSA) is 55.9 Å². The predicted octanol–water partition coefficient (Wildman–Crippen LogP) is 0.953. The molecule has 144 valence electrons. The van der Waals surface area contributed by atoms with Gasteiger partial charge in [0, 0.05) is 51.2 Å². The van der Waals surface area contributed by atoms with E-state index in [2.05, 4.69) is 17.1 Å². The van der Waals surface area contributed by atoms with Crippen molar-refractivity contribution in [1.29, 1.82) is 0 Å². The smallest absolute Gasteiger partial charge is 0.236 e. The van der Waals surface area contributed by atoms with E-state index in [0.717, 1.165) is 77.9 Å². The van der Waals surface area contributed by atoms with Crippen LogP contribution in [0.4, 0.5) is 0 Å². The zero-order chi connectivity index (χ0) is 16.9. The Morgan fingerprint density at radius 2 is 1.68 bits per heavy atom. The third-order valence-corrected chi connectivity index (χ3v) is 5.69. The highest BCUT2D eigenvalue weighted by atomic mass is 35.5. The number of nitrogens with one attached hydrogen (secondary N) is 1. The molecule has 0 aromatic heterocycles. The van der Waals surface area contributed by atoms with E-state index in [9.17, 15) is 9.59 Å². The first-order chi connectivity index (χ1) is 11.6. The lowest BCUT2D eigenvalue weighted by Gasteiger charge is -2.31. The molecule has 2 atom stereocenters. The van der Waals surface area contributed by atoms with Crippen LogP contribution in [0.5, 0.6) is 0 Å². The van der Waals surface area contributed by atoms with E-state index in [1.807, 2.05) is 9.80 Å². The highest BCUT2D eigenvalue weighted by Crippen LogP contribution is 2.20. The summed E-state index contributed by atoms with van der Waals surface area (Å²) in [6, 6.07) is 0.439. The minimum absolute atomic E-state index is 0. The highest BCUT2D eigenvalue weighted by molar-refractivity contribution is 5.85. The Morgan fingerprint density at radius 3 is 2.40 bits per heavy atom. The van der Waals surface area contributed by atoms with Crippen LogP contribution >= 0.6 is 12.4 Å². The number of hydrogen-bond donors (Lipinski definition) is 1. The number of amides is 2. The fraction of sp³-hybridized carbons (Fsp3) is 0.889. The largest absolute Gasteiger partial charge is 0.342 e. The number of nitrogens with zero attached hydrogens (tertiary/aromatic N) is 3. The molecule has 7 heteroatoms. The number of carbonyl (C=O) groups excluding carboxylic acids is 2. The first kappa shape index (κ1) is 20.5. The molecular formula is C18H33ClN4O2. The SMILES string of the molecule is C[C@H]1C[C@@H](C(=O)N2CCCN(CC(=O)N3CCCC3)CC2)CCN1.Cl. The molecule has 3 heterocycles. The van der Waals surface area contributed by atoms with Gasteiger partial charge in [-0.3, -0.25) is 14.5 Å². The van der Waals surface area contributed by atoms with Crippen molar-refractivity contribution < 1.29 is 9.59 Å². The molecule has 3 saturated heterocycles. The quantitative estimate of drug-likeness (QED) is 0.801. The van der Waals surface area contributed by atoms with Gasteiger partial charge in [0.2, 0.25) is 11.8 Å². The fourth-order valence-corrected chi connectivity index (χ4v) is 4.22. The van der Waals surface area contributed by atoms with E-state index >= 15 is 0 Å². The van der Waals surface area contributed by atoms with Crippen LogP contribution in [0, 0.1) is 5.92 Å². The van der Waals surface area contributed by atoms with E-state index < -0.39 is 0 Å². The minimum Gasteiger partial charge on any atom is -0.342 e. The van der Waals surface area contributed by atoms with Crippen LogP contribution in [0.15, 0.2) is 0 Å². The van der Waals surface area contributed by atoms with Crippen molar-refractivity contribution in [3.63, 3.8) is 0 Å². The minimum atomic E-state index is 0. The Kier molecular flexibility index (Phi) is 7.97. The van der Waals surface area contributed by atoms with E-state index in [4.69, 9.17) is 0 Å². The number of hydrogen-bond acceptors (Lipinski definition) is 4. The molecule has 3 rings (SSSR count). The molecule has 3 fully saturated rings. The van der Waals surface area contributed by atoms with E-state index in [0.29, 0.717) is 18.5 Å². The van der Waals surface area contributed by atoms with Gasteiger partial charge in [0.05, 0.1) is 6.54 Å².